The van der Waals surface area contributed by atoms with Gasteiger partial charge < -0.3 is 4.74 Å². The summed E-state index contributed by atoms with van der Waals surface area (Å²) in [6.45, 7) is 3.99. The van der Waals surface area contributed by atoms with Crippen molar-refractivity contribution in [3.05, 3.63) is 60.2 Å². The largest absolute Gasteiger partial charge is 0.458 e. The Morgan fingerprint density at radius 3 is 2.24 bits per heavy atom. The van der Waals surface area contributed by atoms with Crippen LogP contribution in [0.4, 0.5) is 0 Å². The zero-order chi connectivity index (χ0) is 15.1. The molecule has 2 rings (SSSR count). The highest BCUT2D eigenvalue weighted by atomic mass is 16.5. The van der Waals surface area contributed by atoms with Crippen LogP contribution in [0.25, 0.3) is 11.1 Å². The van der Waals surface area contributed by atoms with E-state index < -0.39 is 0 Å². The number of hydrogen-bond donors (Lipinski definition) is 0. The Hall–Kier alpha value is -2.09. The molecular formula is C19H22O2. The molecule has 2 aromatic carbocycles. The Morgan fingerprint density at radius 2 is 1.62 bits per heavy atom. The third-order valence-electron chi connectivity index (χ3n) is 3.53. The van der Waals surface area contributed by atoms with Gasteiger partial charge in [-0.2, -0.15) is 0 Å². The van der Waals surface area contributed by atoms with Gasteiger partial charge in [0.05, 0.1) is 0 Å². The molecule has 0 radical (unpaired) electrons. The smallest absolute Gasteiger partial charge is 0.306 e. The van der Waals surface area contributed by atoms with Crippen molar-refractivity contribution in [2.75, 3.05) is 0 Å². The average Bonchev–Trinajstić information content (AvgIpc) is 2.54. The van der Waals surface area contributed by atoms with Crippen LogP contribution < -0.4 is 0 Å². The molecule has 21 heavy (non-hydrogen) atoms. The number of ether oxygens (including phenoxy) is 1. The Bertz CT molecular complexity index is 558. The van der Waals surface area contributed by atoms with Crippen LogP contribution in [0, 0.1) is 0 Å². The first-order valence-corrected chi connectivity index (χ1v) is 7.55. The summed E-state index contributed by atoms with van der Waals surface area (Å²) in [5.74, 6) is -0.114. The van der Waals surface area contributed by atoms with Crippen LogP contribution in [0.15, 0.2) is 54.6 Å². The van der Waals surface area contributed by atoms with Crippen LogP contribution in [-0.2, 0) is 9.53 Å². The van der Waals surface area contributed by atoms with E-state index in [1.54, 1.807) is 0 Å². The molecule has 0 saturated carbocycles. The molecule has 0 N–H and O–H groups in total. The lowest BCUT2D eigenvalue weighted by Crippen LogP contribution is -2.08. The van der Waals surface area contributed by atoms with Crippen LogP contribution in [0.1, 0.15) is 44.8 Å². The molecule has 0 saturated heterocycles. The maximum atomic E-state index is 11.7. The van der Waals surface area contributed by atoms with Gasteiger partial charge in [-0.1, -0.05) is 67.9 Å². The first kappa shape index (κ1) is 15.3. The number of unbranched alkanes of at least 4 members (excludes halogenated alkanes) is 1. The van der Waals surface area contributed by atoms with Crippen molar-refractivity contribution in [1.82, 2.24) is 0 Å². The standard InChI is InChI=1S/C19H22O2/c1-3-4-10-19(20)21-15(2)16-11-13-18(14-12-16)17-8-6-5-7-9-17/h5-9,11-15H,3-4,10H2,1-2H3. The predicted molar refractivity (Wildman–Crippen MR) is 85.9 cm³/mol. The van der Waals surface area contributed by atoms with Gasteiger partial charge in [-0.25, -0.2) is 0 Å². The Kier molecular flexibility index (Phi) is 5.56. The lowest BCUT2D eigenvalue weighted by molar-refractivity contribution is -0.148. The van der Waals surface area contributed by atoms with Gasteiger partial charge >= 0.3 is 5.97 Å². The summed E-state index contributed by atoms with van der Waals surface area (Å²) in [7, 11) is 0. The normalized spacial score (nSPS) is 11.9. The molecule has 0 aliphatic carbocycles. The summed E-state index contributed by atoms with van der Waals surface area (Å²) in [6.07, 6.45) is 2.20. The molecule has 0 fully saturated rings. The van der Waals surface area contributed by atoms with Gasteiger partial charge in [-0.3, -0.25) is 4.79 Å². The number of benzene rings is 2. The van der Waals surface area contributed by atoms with Crippen molar-refractivity contribution in [1.29, 1.82) is 0 Å². The van der Waals surface area contributed by atoms with E-state index >= 15 is 0 Å². The quantitative estimate of drug-likeness (QED) is 0.685. The van der Waals surface area contributed by atoms with Gasteiger partial charge in [0.2, 0.25) is 0 Å². The molecule has 2 aromatic rings. The number of carbonyl (C=O) groups is 1. The minimum Gasteiger partial charge on any atom is -0.458 e. The summed E-state index contributed by atoms with van der Waals surface area (Å²) < 4.78 is 5.45. The Balaban J connectivity index is 2.00. The van der Waals surface area contributed by atoms with Gasteiger partial charge in [0.25, 0.3) is 0 Å². The van der Waals surface area contributed by atoms with Crippen LogP contribution in [0.2, 0.25) is 0 Å². The van der Waals surface area contributed by atoms with Gasteiger partial charge in [-0.05, 0) is 30.0 Å². The second-order valence-corrected chi connectivity index (χ2v) is 5.22. The van der Waals surface area contributed by atoms with Crippen molar-refractivity contribution in [3.8, 4) is 11.1 Å². The molecule has 0 aliphatic heterocycles. The molecular weight excluding hydrogens is 260 g/mol. The zero-order valence-corrected chi connectivity index (χ0v) is 12.7. The van der Waals surface area contributed by atoms with Gasteiger partial charge in [0, 0.05) is 6.42 Å². The first-order chi connectivity index (χ1) is 10.2. The van der Waals surface area contributed by atoms with E-state index in [2.05, 4.69) is 31.2 Å². The van der Waals surface area contributed by atoms with E-state index in [1.807, 2.05) is 37.3 Å². The van der Waals surface area contributed by atoms with E-state index in [9.17, 15) is 4.79 Å². The summed E-state index contributed by atoms with van der Waals surface area (Å²) in [4.78, 5) is 11.7. The van der Waals surface area contributed by atoms with Crippen LogP contribution >= 0.6 is 0 Å². The third-order valence-corrected chi connectivity index (χ3v) is 3.53. The van der Waals surface area contributed by atoms with Gasteiger partial charge in [0.15, 0.2) is 0 Å². The lowest BCUT2D eigenvalue weighted by atomic mass is 10.0. The molecule has 0 heterocycles. The molecule has 1 unspecified atom stereocenters. The fourth-order valence-corrected chi connectivity index (χ4v) is 2.22. The van der Waals surface area contributed by atoms with Crippen molar-refractivity contribution in [2.45, 2.75) is 39.2 Å². The SMILES string of the molecule is CCCCC(=O)OC(C)c1ccc(-c2ccccc2)cc1. The van der Waals surface area contributed by atoms with Crippen molar-refractivity contribution < 1.29 is 9.53 Å². The molecule has 1 atom stereocenters. The second kappa shape index (κ2) is 7.63. The van der Waals surface area contributed by atoms with Crippen molar-refractivity contribution in [3.63, 3.8) is 0 Å². The molecule has 0 amide bonds. The summed E-state index contributed by atoms with van der Waals surface area (Å²) >= 11 is 0. The summed E-state index contributed by atoms with van der Waals surface area (Å²) in [5.41, 5.74) is 3.39. The predicted octanol–water partition coefficient (Wildman–Crippen LogP) is 5.15. The summed E-state index contributed by atoms with van der Waals surface area (Å²) in [6, 6.07) is 18.4. The number of carbonyl (C=O) groups excluding carboxylic acids is 1. The number of hydrogen-bond acceptors (Lipinski definition) is 2. The van der Waals surface area contributed by atoms with E-state index in [0.29, 0.717) is 6.42 Å². The third kappa shape index (κ3) is 4.45. The maximum absolute atomic E-state index is 11.7. The van der Waals surface area contributed by atoms with Crippen molar-refractivity contribution >= 4 is 5.97 Å². The molecule has 2 heteroatoms. The Labute approximate surface area is 126 Å². The molecule has 0 aliphatic rings. The molecule has 2 nitrogen and oxygen atoms in total. The van der Waals surface area contributed by atoms with Crippen LogP contribution in [0.5, 0.6) is 0 Å². The highest BCUT2D eigenvalue weighted by Crippen LogP contribution is 2.23. The minimum atomic E-state index is -0.195. The zero-order valence-electron chi connectivity index (χ0n) is 12.7. The van der Waals surface area contributed by atoms with Crippen LogP contribution in [-0.4, -0.2) is 5.97 Å². The fraction of sp³-hybridized carbons (Fsp3) is 0.316. The summed E-state index contributed by atoms with van der Waals surface area (Å²) in [5, 5.41) is 0. The number of rotatable bonds is 6. The number of esters is 1. The van der Waals surface area contributed by atoms with E-state index in [0.717, 1.165) is 18.4 Å². The maximum Gasteiger partial charge on any atom is 0.306 e. The van der Waals surface area contributed by atoms with Crippen LogP contribution in [0.3, 0.4) is 0 Å². The highest BCUT2D eigenvalue weighted by Gasteiger charge is 2.11. The minimum absolute atomic E-state index is 0.114. The average molecular weight is 282 g/mol. The molecule has 0 aromatic heterocycles. The van der Waals surface area contributed by atoms with Gasteiger partial charge in [0.1, 0.15) is 6.10 Å². The second-order valence-electron chi connectivity index (χ2n) is 5.22. The molecule has 0 spiro atoms. The van der Waals surface area contributed by atoms with E-state index in [1.165, 1.54) is 11.1 Å². The monoisotopic (exact) mass is 282 g/mol. The molecule has 0 bridgehead atoms. The first-order valence-electron chi connectivity index (χ1n) is 7.55. The highest BCUT2D eigenvalue weighted by molar-refractivity contribution is 5.69. The topological polar surface area (TPSA) is 26.3 Å². The van der Waals surface area contributed by atoms with E-state index in [-0.39, 0.29) is 12.1 Å². The van der Waals surface area contributed by atoms with Gasteiger partial charge in [-0.15, -0.1) is 0 Å². The van der Waals surface area contributed by atoms with Crippen molar-refractivity contribution in [2.24, 2.45) is 0 Å². The van der Waals surface area contributed by atoms with E-state index in [4.69, 9.17) is 4.74 Å². The fourth-order valence-electron chi connectivity index (χ4n) is 2.22. The molecule has 110 valence electrons. The Morgan fingerprint density at radius 1 is 1.00 bits per heavy atom. The lowest BCUT2D eigenvalue weighted by Gasteiger charge is -2.14.